The van der Waals surface area contributed by atoms with E-state index in [1.807, 2.05) is 0 Å². The van der Waals surface area contributed by atoms with Gasteiger partial charge in [-0.15, -0.1) is 0 Å². The molecule has 1 aromatic heterocycles. The number of benzene rings is 2. The highest BCUT2D eigenvalue weighted by atomic mass is 35.5. The monoisotopic (exact) mass is 444 g/mol. The molecule has 0 aliphatic carbocycles. The highest BCUT2D eigenvalue weighted by molar-refractivity contribution is 6.30. The molecule has 156 valence electrons. The summed E-state index contributed by atoms with van der Waals surface area (Å²) in [5.41, 5.74) is 0.596. The minimum Gasteiger partial charge on any atom is -0.337 e. The topological polar surface area (TPSA) is 104 Å². The number of rotatable bonds is 4. The van der Waals surface area contributed by atoms with E-state index in [4.69, 9.17) is 16.1 Å². The molecule has 0 spiro atoms. The first-order valence-corrected chi connectivity index (χ1v) is 9.39. The zero-order valence-electron chi connectivity index (χ0n) is 15.4. The molecule has 2 aliphatic rings. The van der Waals surface area contributed by atoms with Crippen LogP contribution in [0, 0.1) is 11.6 Å². The number of hydrogen-bond donors (Lipinski definition) is 0. The summed E-state index contributed by atoms with van der Waals surface area (Å²) in [6, 6.07) is 7.44. The Morgan fingerprint density at radius 2 is 1.81 bits per heavy atom. The van der Waals surface area contributed by atoms with Gasteiger partial charge in [0.05, 0.1) is 5.69 Å². The quantitative estimate of drug-likeness (QED) is 0.572. The Morgan fingerprint density at radius 1 is 1.03 bits per heavy atom. The Hall–Kier alpha value is -3.73. The molecule has 12 heteroatoms. The maximum absolute atomic E-state index is 13.6. The molecule has 3 heterocycles. The van der Waals surface area contributed by atoms with Gasteiger partial charge in [0.25, 0.3) is 11.8 Å². The molecular weight excluding hydrogens is 434 g/mol. The summed E-state index contributed by atoms with van der Waals surface area (Å²) in [6.45, 7) is -0.0735. The van der Waals surface area contributed by atoms with Crippen molar-refractivity contribution in [2.75, 3.05) is 4.90 Å². The van der Waals surface area contributed by atoms with Gasteiger partial charge < -0.3 is 4.52 Å². The van der Waals surface area contributed by atoms with Crippen LogP contribution in [0.4, 0.5) is 14.5 Å². The second kappa shape index (κ2) is 7.20. The van der Waals surface area contributed by atoms with Crippen LogP contribution in [-0.2, 0) is 16.1 Å². The molecule has 3 aromatic rings. The van der Waals surface area contributed by atoms with Crippen LogP contribution in [0.1, 0.15) is 5.89 Å². The largest absolute Gasteiger partial charge is 0.337 e. The molecule has 0 N–H and O–H groups in total. The van der Waals surface area contributed by atoms with Gasteiger partial charge in [-0.05, 0) is 36.4 Å². The molecule has 2 atom stereocenters. The molecule has 1 saturated heterocycles. The number of nitrogens with zero attached hydrogens (tertiary/aromatic N) is 6. The molecule has 0 saturated carbocycles. The van der Waals surface area contributed by atoms with Crippen LogP contribution < -0.4 is 4.90 Å². The summed E-state index contributed by atoms with van der Waals surface area (Å²) in [4.78, 5) is 30.6. The molecule has 2 amide bonds. The predicted molar refractivity (Wildman–Crippen MR) is 102 cm³/mol. The zero-order valence-corrected chi connectivity index (χ0v) is 16.2. The van der Waals surface area contributed by atoms with Gasteiger partial charge in [-0.25, -0.2) is 13.7 Å². The van der Waals surface area contributed by atoms with E-state index < -0.39 is 35.5 Å². The molecule has 9 nitrogen and oxygen atoms in total. The second-order valence-electron chi connectivity index (χ2n) is 6.82. The van der Waals surface area contributed by atoms with Crippen molar-refractivity contribution in [1.82, 2.24) is 15.1 Å². The lowest BCUT2D eigenvalue weighted by atomic mass is 10.1. The maximum Gasteiger partial charge on any atom is 0.263 e. The van der Waals surface area contributed by atoms with Crippen molar-refractivity contribution in [3.8, 4) is 11.4 Å². The minimum atomic E-state index is -1.17. The first-order chi connectivity index (χ1) is 14.9. The third kappa shape index (κ3) is 3.22. The standard InChI is InChI=1S/C19H11ClF2N6O3/c20-10-3-1-9(2-4-10)17-23-14(31-25-17)8-27-16-15(24-26-27)18(29)28(19(16)30)11-5-6-12(21)13(22)7-11/h1-7,15-16H,8H2/t15-,16-/m1/s1. The van der Waals surface area contributed by atoms with Crippen molar-refractivity contribution in [3.63, 3.8) is 0 Å². The fourth-order valence-corrected chi connectivity index (χ4v) is 3.53. The van der Waals surface area contributed by atoms with E-state index in [-0.39, 0.29) is 18.1 Å². The Bertz CT molecular complexity index is 1230. The summed E-state index contributed by atoms with van der Waals surface area (Å²) in [7, 11) is 0. The average molecular weight is 445 g/mol. The van der Waals surface area contributed by atoms with Crippen LogP contribution in [-0.4, -0.2) is 39.0 Å². The van der Waals surface area contributed by atoms with Gasteiger partial charge in [-0.2, -0.15) is 10.1 Å². The average Bonchev–Trinajstić information content (AvgIpc) is 3.44. The highest BCUT2D eigenvalue weighted by Crippen LogP contribution is 2.33. The number of anilines is 1. The Morgan fingerprint density at radius 3 is 2.55 bits per heavy atom. The first kappa shape index (κ1) is 19.2. The van der Waals surface area contributed by atoms with Gasteiger partial charge in [0.1, 0.15) is 6.54 Å². The van der Waals surface area contributed by atoms with Crippen LogP contribution in [0.5, 0.6) is 0 Å². The van der Waals surface area contributed by atoms with E-state index in [0.29, 0.717) is 16.4 Å². The first-order valence-electron chi connectivity index (χ1n) is 9.01. The van der Waals surface area contributed by atoms with Crippen molar-refractivity contribution in [2.24, 2.45) is 10.3 Å². The molecular formula is C19H11ClF2N6O3. The van der Waals surface area contributed by atoms with Crippen molar-refractivity contribution < 1.29 is 22.9 Å². The fourth-order valence-electron chi connectivity index (χ4n) is 3.41. The maximum atomic E-state index is 13.6. The van der Waals surface area contributed by atoms with E-state index in [9.17, 15) is 18.4 Å². The van der Waals surface area contributed by atoms with E-state index in [1.165, 1.54) is 5.01 Å². The summed E-state index contributed by atoms with van der Waals surface area (Å²) < 4.78 is 32.0. The molecule has 0 unspecified atom stereocenters. The smallest absolute Gasteiger partial charge is 0.263 e. The lowest BCUT2D eigenvalue weighted by molar-refractivity contribution is -0.123. The van der Waals surface area contributed by atoms with Crippen molar-refractivity contribution in [3.05, 3.63) is 65.0 Å². The molecule has 1 fully saturated rings. The number of hydrogen-bond acceptors (Lipinski definition) is 8. The van der Waals surface area contributed by atoms with E-state index in [1.54, 1.807) is 24.3 Å². The Kier molecular flexibility index (Phi) is 4.47. The number of halogens is 3. The normalized spacial score (nSPS) is 20.1. The molecule has 0 bridgehead atoms. The molecule has 0 radical (unpaired) electrons. The lowest BCUT2D eigenvalue weighted by Gasteiger charge is -2.19. The van der Waals surface area contributed by atoms with Crippen LogP contribution >= 0.6 is 11.6 Å². The number of amides is 2. The van der Waals surface area contributed by atoms with Gasteiger partial charge in [0, 0.05) is 16.7 Å². The van der Waals surface area contributed by atoms with E-state index in [2.05, 4.69) is 20.5 Å². The predicted octanol–water partition coefficient (Wildman–Crippen LogP) is 3.16. The number of imide groups is 1. The summed E-state index contributed by atoms with van der Waals surface area (Å²) in [6.07, 6.45) is 0. The van der Waals surface area contributed by atoms with Gasteiger partial charge in [-0.1, -0.05) is 22.0 Å². The summed E-state index contributed by atoms with van der Waals surface area (Å²) in [5.74, 6) is -3.14. The Labute approximate surface area is 177 Å². The van der Waals surface area contributed by atoms with Crippen LogP contribution in [0.3, 0.4) is 0 Å². The lowest BCUT2D eigenvalue weighted by Crippen LogP contribution is -2.39. The number of carbonyl (C=O) groups excluding carboxylic acids is 2. The van der Waals surface area contributed by atoms with Crippen molar-refractivity contribution >= 4 is 29.1 Å². The number of carbonyl (C=O) groups is 2. The molecule has 5 rings (SSSR count). The van der Waals surface area contributed by atoms with Crippen molar-refractivity contribution in [2.45, 2.75) is 18.6 Å². The summed E-state index contributed by atoms with van der Waals surface area (Å²) in [5, 5.41) is 13.4. The minimum absolute atomic E-state index is 0.0735. The molecule has 2 aromatic carbocycles. The number of fused-ring (bicyclic) bond motifs is 1. The van der Waals surface area contributed by atoms with Gasteiger partial charge >= 0.3 is 0 Å². The van der Waals surface area contributed by atoms with Gasteiger partial charge in [0.2, 0.25) is 11.7 Å². The van der Waals surface area contributed by atoms with Gasteiger partial charge in [0.15, 0.2) is 23.7 Å². The van der Waals surface area contributed by atoms with Crippen LogP contribution in [0.15, 0.2) is 57.3 Å². The number of aromatic nitrogens is 2. The van der Waals surface area contributed by atoms with E-state index in [0.717, 1.165) is 23.1 Å². The third-order valence-electron chi connectivity index (χ3n) is 4.89. The second-order valence-corrected chi connectivity index (χ2v) is 7.26. The van der Waals surface area contributed by atoms with Crippen molar-refractivity contribution in [1.29, 1.82) is 0 Å². The third-order valence-corrected chi connectivity index (χ3v) is 5.14. The zero-order chi connectivity index (χ0) is 21.7. The summed E-state index contributed by atoms with van der Waals surface area (Å²) >= 11 is 5.87. The SMILES string of the molecule is O=C1[C@@H]2N=NN(Cc3nc(-c4ccc(Cl)cc4)no3)[C@H]2C(=O)N1c1ccc(F)c(F)c1. The Balaban J connectivity index is 1.36. The van der Waals surface area contributed by atoms with Crippen LogP contribution in [0.2, 0.25) is 5.02 Å². The van der Waals surface area contributed by atoms with Gasteiger partial charge in [-0.3, -0.25) is 14.6 Å². The highest BCUT2D eigenvalue weighted by Gasteiger charge is 2.55. The molecule has 31 heavy (non-hydrogen) atoms. The van der Waals surface area contributed by atoms with Crippen LogP contribution in [0.25, 0.3) is 11.4 Å². The molecule has 2 aliphatic heterocycles. The fraction of sp³-hybridized carbons (Fsp3) is 0.158. The van der Waals surface area contributed by atoms with E-state index >= 15 is 0 Å².